The first-order chi connectivity index (χ1) is 11.8. The summed E-state index contributed by atoms with van der Waals surface area (Å²) < 4.78 is 5.18. The molecule has 3 rings (SSSR count). The van der Waals surface area contributed by atoms with Gasteiger partial charge in [-0.25, -0.2) is 4.98 Å². The number of ether oxygens (including phenoxy) is 1. The zero-order valence-corrected chi connectivity index (χ0v) is 14.1. The van der Waals surface area contributed by atoms with Crippen molar-refractivity contribution < 1.29 is 4.74 Å². The van der Waals surface area contributed by atoms with Crippen LogP contribution in [0.25, 0.3) is 0 Å². The summed E-state index contributed by atoms with van der Waals surface area (Å²) in [4.78, 5) is 8.92. The third-order valence-corrected chi connectivity index (χ3v) is 3.88. The summed E-state index contributed by atoms with van der Waals surface area (Å²) in [6.45, 7) is 0.588. The molecule has 0 saturated heterocycles. The van der Waals surface area contributed by atoms with Crippen LogP contribution in [-0.2, 0) is 6.54 Å². The minimum Gasteiger partial charge on any atom is -0.481 e. The van der Waals surface area contributed by atoms with Gasteiger partial charge < -0.3 is 4.74 Å². The fraction of sp³-hybridized carbons (Fsp3) is 0.158. The number of halogens is 1. The Balaban J connectivity index is 1.85. The molecule has 1 atom stereocenters. The van der Waals surface area contributed by atoms with Crippen LogP contribution >= 0.6 is 11.6 Å². The number of benzene rings is 1. The third-order valence-electron chi connectivity index (χ3n) is 3.64. The van der Waals surface area contributed by atoms with Crippen LogP contribution in [0.4, 0.5) is 0 Å². The topological polar surface area (TPSA) is 47.0 Å². The number of nitrogens with zero attached hydrogens (tertiary/aromatic N) is 2. The Bertz CT molecular complexity index is 795. The predicted molar refractivity (Wildman–Crippen MR) is 95.2 cm³/mol. The normalized spacial score (nSPS) is 11.9. The third kappa shape index (κ3) is 4.10. The molecule has 0 spiro atoms. The highest BCUT2D eigenvalue weighted by Gasteiger charge is 2.15. The monoisotopic (exact) mass is 339 g/mol. The average Bonchev–Trinajstić information content (AvgIpc) is 2.63. The molecular weight excluding hydrogens is 322 g/mol. The van der Waals surface area contributed by atoms with E-state index in [1.807, 2.05) is 60.7 Å². The molecule has 1 aromatic carbocycles. The second-order valence-electron chi connectivity index (χ2n) is 5.29. The summed E-state index contributed by atoms with van der Waals surface area (Å²) in [5.41, 5.74) is 2.89. The number of methoxy groups -OCH3 is 1. The Hall–Kier alpha value is -2.43. The highest BCUT2D eigenvalue weighted by molar-refractivity contribution is 6.30. The molecule has 0 saturated carbocycles. The molecule has 0 bridgehead atoms. The van der Waals surface area contributed by atoms with Crippen LogP contribution in [0.15, 0.2) is 66.9 Å². The van der Waals surface area contributed by atoms with Crippen molar-refractivity contribution in [3.63, 3.8) is 0 Å². The van der Waals surface area contributed by atoms with Crippen LogP contribution < -0.4 is 10.1 Å². The first-order valence-corrected chi connectivity index (χ1v) is 8.04. The van der Waals surface area contributed by atoms with E-state index in [1.54, 1.807) is 13.3 Å². The van der Waals surface area contributed by atoms with E-state index in [-0.39, 0.29) is 6.04 Å². The number of nitrogens with one attached hydrogen (secondary N) is 1. The Morgan fingerprint density at radius 1 is 1.08 bits per heavy atom. The zero-order valence-electron chi connectivity index (χ0n) is 13.3. The molecule has 1 N–H and O–H groups in total. The van der Waals surface area contributed by atoms with E-state index < -0.39 is 0 Å². The summed E-state index contributed by atoms with van der Waals surface area (Å²) in [5.74, 6) is 0.603. The van der Waals surface area contributed by atoms with Crippen molar-refractivity contribution in [2.75, 3.05) is 7.11 Å². The average molecular weight is 340 g/mol. The lowest BCUT2D eigenvalue weighted by Crippen LogP contribution is -2.23. The molecule has 5 heteroatoms. The van der Waals surface area contributed by atoms with Gasteiger partial charge in [-0.3, -0.25) is 10.3 Å². The van der Waals surface area contributed by atoms with Gasteiger partial charge in [0.25, 0.3) is 0 Å². The zero-order chi connectivity index (χ0) is 16.8. The Labute approximate surface area is 146 Å². The molecule has 0 fully saturated rings. The fourth-order valence-electron chi connectivity index (χ4n) is 2.50. The second kappa shape index (κ2) is 7.90. The van der Waals surface area contributed by atoms with Gasteiger partial charge in [-0.05, 0) is 35.9 Å². The molecule has 0 aliphatic rings. The van der Waals surface area contributed by atoms with Gasteiger partial charge in [0.15, 0.2) is 0 Å². The van der Waals surface area contributed by atoms with Gasteiger partial charge in [-0.15, -0.1) is 0 Å². The molecule has 4 nitrogen and oxygen atoms in total. The molecule has 0 aliphatic heterocycles. The van der Waals surface area contributed by atoms with Gasteiger partial charge >= 0.3 is 0 Å². The number of aromatic nitrogens is 2. The van der Waals surface area contributed by atoms with Crippen molar-refractivity contribution >= 4 is 11.6 Å². The van der Waals surface area contributed by atoms with Crippen LogP contribution in [0.3, 0.4) is 0 Å². The largest absolute Gasteiger partial charge is 0.481 e. The van der Waals surface area contributed by atoms with E-state index >= 15 is 0 Å². The van der Waals surface area contributed by atoms with Crippen molar-refractivity contribution in [2.24, 2.45) is 0 Å². The van der Waals surface area contributed by atoms with Crippen LogP contribution in [0, 0.1) is 0 Å². The molecule has 122 valence electrons. The second-order valence-corrected chi connectivity index (χ2v) is 5.73. The van der Waals surface area contributed by atoms with Gasteiger partial charge in [0.2, 0.25) is 5.88 Å². The van der Waals surface area contributed by atoms with Crippen molar-refractivity contribution in [3.8, 4) is 5.88 Å². The maximum Gasteiger partial charge on any atom is 0.213 e. The SMILES string of the molecule is COc1cccc(CN[C@H](c2cccc(Cl)c2)c2ccccn2)n1. The van der Waals surface area contributed by atoms with Crippen LogP contribution in [-0.4, -0.2) is 17.1 Å². The van der Waals surface area contributed by atoms with E-state index in [9.17, 15) is 0 Å². The highest BCUT2D eigenvalue weighted by atomic mass is 35.5. The van der Waals surface area contributed by atoms with E-state index in [0.717, 1.165) is 17.0 Å². The van der Waals surface area contributed by atoms with E-state index in [1.165, 1.54) is 0 Å². The first-order valence-electron chi connectivity index (χ1n) is 7.66. The smallest absolute Gasteiger partial charge is 0.213 e. The summed E-state index contributed by atoms with van der Waals surface area (Å²) in [5, 5.41) is 4.21. The summed E-state index contributed by atoms with van der Waals surface area (Å²) >= 11 is 6.16. The van der Waals surface area contributed by atoms with Gasteiger partial charge in [0.1, 0.15) is 0 Å². The van der Waals surface area contributed by atoms with E-state index in [0.29, 0.717) is 17.4 Å². The minimum atomic E-state index is -0.0714. The number of hydrogen-bond donors (Lipinski definition) is 1. The quantitative estimate of drug-likeness (QED) is 0.737. The molecule has 2 heterocycles. The molecule has 0 unspecified atom stereocenters. The van der Waals surface area contributed by atoms with Crippen LogP contribution in [0.5, 0.6) is 5.88 Å². The number of rotatable bonds is 6. The molecule has 3 aromatic rings. The van der Waals surface area contributed by atoms with Crippen molar-refractivity contribution in [1.82, 2.24) is 15.3 Å². The minimum absolute atomic E-state index is 0.0714. The van der Waals surface area contributed by atoms with Gasteiger partial charge in [-0.1, -0.05) is 35.9 Å². The van der Waals surface area contributed by atoms with Crippen LogP contribution in [0.1, 0.15) is 23.0 Å². The lowest BCUT2D eigenvalue weighted by molar-refractivity contribution is 0.395. The lowest BCUT2D eigenvalue weighted by Gasteiger charge is -2.19. The van der Waals surface area contributed by atoms with E-state index in [4.69, 9.17) is 16.3 Å². The van der Waals surface area contributed by atoms with Crippen molar-refractivity contribution in [2.45, 2.75) is 12.6 Å². The maximum atomic E-state index is 6.16. The fourth-order valence-corrected chi connectivity index (χ4v) is 2.70. The summed E-state index contributed by atoms with van der Waals surface area (Å²) in [7, 11) is 1.61. The Morgan fingerprint density at radius 3 is 2.71 bits per heavy atom. The summed E-state index contributed by atoms with van der Waals surface area (Å²) in [6, 6.07) is 19.3. The predicted octanol–water partition coefficient (Wildman–Crippen LogP) is 4.02. The molecular formula is C19H18ClN3O. The van der Waals surface area contributed by atoms with Gasteiger partial charge in [0.05, 0.1) is 24.5 Å². The maximum absolute atomic E-state index is 6.16. The van der Waals surface area contributed by atoms with Crippen molar-refractivity contribution in [3.05, 3.63) is 88.8 Å². The number of pyridine rings is 2. The van der Waals surface area contributed by atoms with Gasteiger partial charge in [0, 0.05) is 23.8 Å². The first kappa shape index (κ1) is 16.4. The summed E-state index contributed by atoms with van der Waals surface area (Å²) in [6.07, 6.45) is 1.79. The molecule has 24 heavy (non-hydrogen) atoms. The van der Waals surface area contributed by atoms with E-state index in [2.05, 4.69) is 15.3 Å². The number of hydrogen-bond acceptors (Lipinski definition) is 4. The molecule has 2 aromatic heterocycles. The van der Waals surface area contributed by atoms with Gasteiger partial charge in [-0.2, -0.15) is 0 Å². The molecule has 0 amide bonds. The Morgan fingerprint density at radius 2 is 1.96 bits per heavy atom. The molecule has 0 radical (unpaired) electrons. The Kier molecular flexibility index (Phi) is 5.41. The molecule has 0 aliphatic carbocycles. The van der Waals surface area contributed by atoms with Crippen molar-refractivity contribution in [1.29, 1.82) is 0 Å². The highest BCUT2D eigenvalue weighted by Crippen LogP contribution is 2.23. The lowest BCUT2D eigenvalue weighted by atomic mass is 10.0. The standard InChI is InChI=1S/C19H18ClN3O/c1-24-18-10-5-8-16(23-18)13-22-19(17-9-2-3-11-21-17)14-6-4-7-15(20)12-14/h2-12,19,22H,13H2,1H3/t19-/m1/s1. The van der Waals surface area contributed by atoms with Crippen LogP contribution in [0.2, 0.25) is 5.02 Å².